The van der Waals surface area contributed by atoms with E-state index >= 15 is 0 Å². The highest BCUT2D eigenvalue weighted by Crippen LogP contribution is 2.35. The van der Waals surface area contributed by atoms with Gasteiger partial charge in [0, 0.05) is 37.6 Å². The summed E-state index contributed by atoms with van der Waals surface area (Å²) in [6.45, 7) is -0.601. The lowest BCUT2D eigenvalue weighted by Gasteiger charge is -2.35. The molecule has 12 heteroatoms. The number of anilines is 2. The van der Waals surface area contributed by atoms with E-state index in [0.29, 0.717) is 12.1 Å². The summed E-state index contributed by atoms with van der Waals surface area (Å²) in [4.78, 5) is 27.6. The number of rotatable bonds is 2. The summed E-state index contributed by atoms with van der Waals surface area (Å²) in [6.07, 6.45) is -9.61. The third-order valence-electron chi connectivity index (χ3n) is 5.01. The van der Waals surface area contributed by atoms with Gasteiger partial charge in [-0.05, 0) is 36.4 Å². The van der Waals surface area contributed by atoms with Crippen LogP contribution < -0.4 is 11.5 Å². The molecule has 3 rings (SSSR count). The first-order valence-corrected chi connectivity index (χ1v) is 9.31. The van der Waals surface area contributed by atoms with Gasteiger partial charge in [-0.3, -0.25) is 9.59 Å². The van der Waals surface area contributed by atoms with E-state index in [1.165, 1.54) is 12.1 Å². The fourth-order valence-electron chi connectivity index (χ4n) is 3.42. The number of nitrogens with two attached hydrogens (primary N) is 2. The SMILES string of the molecule is Nc1ccc(C(=O)N2CCN(C(=O)c3ccc(N)cc3C(F)(F)F)CC2)c(C(F)(F)F)c1. The molecule has 0 aromatic heterocycles. The Balaban J connectivity index is 1.77. The number of nitrogens with zero attached hydrogens (tertiary/aromatic N) is 2. The molecule has 1 aliphatic heterocycles. The number of nitrogen functional groups attached to an aromatic ring is 2. The van der Waals surface area contributed by atoms with Crippen molar-refractivity contribution in [3.63, 3.8) is 0 Å². The molecule has 2 amide bonds. The number of amides is 2. The molecule has 6 nitrogen and oxygen atoms in total. The van der Waals surface area contributed by atoms with Crippen LogP contribution in [0.1, 0.15) is 31.8 Å². The first kappa shape index (κ1) is 23.2. The maximum Gasteiger partial charge on any atom is 0.417 e. The van der Waals surface area contributed by atoms with E-state index in [2.05, 4.69) is 0 Å². The van der Waals surface area contributed by atoms with Crippen LogP contribution >= 0.6 is 0 Å². The number of halogens is 6. The molecular weight excluding hydrogens is 442 g/mol. The van der Waals surface area contributed by atoms with Crippen molar-refractivity contribution in [2.45, 2.75) is 12.4 Å². The van der Waals surface area contributed by atoms with Crippen molar-refractivity contribution in [2.24, 2.45) is 0 Å². The van der Waals surface area contributed by atoms with Gasteiger partial charge in [-0.2, -0.15) is 26.3 Å². The maximum absolute atomic E-state index is 13.3. The zero-order valence-electron chi connectivity index (χ0n) is 16.4. The molecule has 2 aromatic carbocycles. The van der Waals surface area contributed by atoms with Gasteiger partial charge in [0.25, 0.3) is 11.8 Å². The van der Waals surface area contributed by atoms with E-state index in [-0.39, 0.29) is 37.6 Å². The molecule has 1 heterocycles. The van der Waals surface area contributed by atoms with Crippen LogP contribution in [0.5, 0.6) is 0 Å². The topological polar surface area (TPSA) is 92.7 Å². The minimum atomic E-state index is -4.80. The number of hydrogen-bond donors (Lipinski definition) is 2. The quantitative estimate of drug-likeness (QED) is 0.530. The normalized spacial score (nSPS) is 15.1. The van der Waals surface area contributed by atoms with Crippen molar-refractivity contribution in [1.82, 2.24) is 9.80 Å². The highest BCUT2D eigenvalue weighted by Gasteiger charge is 2.39. The summed E-state index contributed by atoms with van der Waals surface area (Å²) in [7, 11) is 0. The largest absolute Gasteiger partial charge is 0.417 e. The molecule has 2 aromatic rings. The zero-order valence-corrected chi connectivity index (χ0v) is 16.4. The number of carbonyl (C=O) groups excluding carboxylic acids is 2. The third-order valence-corrected chi connectivity index (χ3v) is 5.01. The van der Waals surface area contributed by atoms with Crippen molar-refractivity contribution in [2.75, 3.05) is 37.6 Å². The predicted octanol–water partition coefficient (Wildman–Crippen LogP) is 3.49. The van der Waals surface area contributed by atoms with Crippen LogP contribution in [0.2, 0.25) is 0 Å². The van der Waals surface area contributed by atoms with Crippen LogP contribution in [0.4, 0.5) is 37.7 Å². The molecule has 0 atom stereocenters. The lowest BCUT2D eigenvalue weighted by atomic mass is 10.0. The van der Waals surface area contributed by atoms with Gasteiger partial charge < -0.3 is 21.3 Å². The molecule has 172 valence electrons. The van der Waals surface area contributed by atoms with Crippen LogP contribution in [0.3, 0.4) is 0 Å². The molecule has 0 saturated carbocycles. The molecule has 0 radical (unpaired) electrons. The molecule has 0 spiro atoms. The zero-order chi connectivity index (χ0) is 23.8. The number of benzene rings is 2. The van der Waals surface area contributed by atoms with Crippen molar-refractivity contribution in [3.8, 4) is 0 Å². The Kier molecular flexibility index (Phi) is 5.98. The molecule has 32 heavy (non-hydrogen) atoms. The smallest absolute Gasteiger partial charge is 0.399 e. The first-order chi connectivity index (χ1) is 14.8. The minimum absolute atomic E-state index is 0.150. The van der Waals surface area contributed by atoms with Gasteiger partial charge in [0.15, 0.2) is 0 Å². The lowest BCUT2D eigenvalue weighted by molar-refractivity contribution is -0.138. The van der Waals surface area contributed by atoms with Crippen molar-refractivity contribution >= 4 is 23.2 Å². The molecular formula is C20H18F6N4O2. The van der Waals surface area contributed by atoms with E-state index in [0.717, 1.165) is 21.9 Å². The molecule has 1 saturated heterocycles. The molecule has 0 aliphatic carbocycles. The van der Waals surface area contributed by atoms with Gasteiger partial charge in [-0.15, -0.1) is 0 Å². The Bertz CT molecular complexity index is 960. The molecule has 4 N–H and O–H groups in total. The monoisotopic (exact) mass is 460 g/mol. The Morgan fingerprint density at radius 1 is 0.656 bits per heavy atom. The number of piperazine rings is 1. The molecule has 1 aliphatic rings. The van der Waals surface area contributed by atoms with Gasteiger partial charge in [0.1, 0.15) is 0 Å². The second kappa shape index (κ2) is 8.24. The molecule has 1 fully saturated rings. The van der Waals surface area contributed by atoms with E-state index in [1.807, 2.05) is 0 Å². The van der Waals surface area contributed by atoms with Crippen molar-refractivity contribution in [1.29, 1.82) is 0 Å². The summed E-state index contributed by atoms with van der Waals surface area (Å²) in [5.41, 5.74) is 6.94. The van der Waals surface area contributed by atoms with Crippen LogP contribution in [0, 0.1) is 0 Å². The Morgan fingerprint density at radius 3 is 1.25 bits per heavy atom. The van der Waals surface area contributed by atoms with Gasteiger partial charge in [-0.25, -0.2) is 0 Å². The highest BCUT2D eigenvalue weighted by atomic mass is 19.4. The van der Waals surface area contributed by atoms with Crippen LogP contribution in [-0.4, -0.2) is 47.8 Å². The summed E-state index contributed by atoms with van der Waals surface area (Å²) in [5, 5.41) is 0. The Labute approximate surface area is 178 Å². The van der Waals surface area contributed by atoms with Gasteiger partial charge in [-0.1, -0.05) is 0 Å². The van der Waals surface area contributed by atoms with Gasteiger partial charge in [0.05, 0.1) is 22.3 Å². The van der Waals surface area contributed by atoms with Gasteiger partial charge in [0.2, 0.25) is 0 Å². The summed E-state index contributed by atoms with van der Waals surface area (Å²) < 4.78 is 79.8. The number of hydrogen-bond acceptors (Lipinski definition) is 4. The van der Waals surface area contributed by atoms with Crippen molar-refractivity contribution in [3.05, 3.63) is 58.7 Å². The van der Waals surface area contributed by atoms with E-state index < -0.39 is 46.4 Å². The predicted molar refractivity (Wildman–Crippen MR) is 104 cm³/mol. The van der Waals surface area contributed by atoms with E-state index in [1.54, 1.807) is 0 Å². The Morgan fingerprint density at radius 2 is 0.969 bits per heavy atom. The Hall–Kier alpha value is -3.44. The maximum atomic E-state index is 13.3. The summed E-state index contributed by atoms with van der Waals surface area (Å²) in [6, 6.07) is 5.60. The second-order valence-electron chi connectivity index (χ2n) is 7.19. The first-order valence-electron chi connectivity index (χ1n) is 9.31. The second-order valence-corrected chi connectivity index (χ2v) is 7.19. The number of alkyl halides is 6. The van der Waals surface area contributed by atoms with E-state index in [4.69, 9.17) is 11.5 Å². The highest BCUT2D eigenvalue weighted by molar-refractivity contribution is 5.98. The third kappa shape index (κ3) is 4.73. The minimum Gasteiger partial charge on any atom is -0.399 e. The summed E-state index contributed by atoms with van der Waals surface area (Å²) in [5.74, 6) is -1.82. The van der Waals surface area contributed by atoms with E-state index in [9.17, 15) is 35.9 Å². The summed E-state index contributed by atoms with van der Waals surface area (Å²) >= 11 is 0. The molecule has 0 unspecified atom stereocenters. The lowest BCUT2D eigenvalue weighted by Crippen LogP contribution is -2.51. The van der Waals surface area contributed by atoms with Crippen LogP contribution in [0.25, 0.3) is 0 Å². The fourth-order valence-corrected chi connectivity index (χ4v) is 3.42. The van der Waals surface area contributed by atoms with Gasteiger partial charge >= 0.3 is 12.4 Å². The average Bonchev–Trinajstić information content (AvgIpc) is 2.71. The average molecular weight is 460 g/mol. The van der Waals surface area contributed by atoms with Crippen molar-refractivity contribution < 1.29 is 35.9 Å². The number of carbonyl (C=O) groups is 2. The van der Waals surface area contributed by atoms with Crippen LogP contribution in [0.15, 0.2) is 36.4 Å². The fraction of sp³-hybridized carbons (Fsp3) is 0.300. The standard InChI is InChI=1S/C20H18F6N4O2/c21-19(22,23)15-9-11(27)1-3-13(15)17(31)29-5-7-30(8-6-29)18(32)14-4-2-12(28)10-16(14)20(24,25)26/h1-4,9-10H,5-8,27-28H2. The van der Waals surface area contributed by atoms with Crippen LogP contribution in [-0.2, 0) is 12.4 Å². The molecule has 0 bridgehead atoms.